The molecule has 1 aliphatic heterocycles. The van der Waals surface area contributed by atoms with Crippen molar-refractivity contribution in [1.29, 1.82) is 0 Å². The molecule has 2 fully saturated rings. The van der Waals surface area contributed by atoms with Gasteiger partial charge in [-0.2, -0.15) is 20.1 Å². The van der Waals surface area contributed by atoms with Gasteiger partial charge in [0.2, 0.25) is 11.9 Å². The van der Waals surface area contributed by atoms with Gasteiger partial charge in [-0.15, -0.1) is 0 Å². The lowest BCUT2D eigenvalue weighted by Crippen LogP contribution is -2.23. The third kappa shape index (κ3) is 4.66. The molecular weight excluding hydrogens is 397 g/mol. The molecule has 0 amide bonds. The Bertz CT molecular complexity index is 1030. The maximum Gasteiger partial charge on any atom is 0.233 e. The number of anilines is 3. The van der Waals surface area contributed by atoms with Crippen LogP contribution in [-0.2, 0) is 11.2 Å². The molecule has 1 aromatic carbocycles. The van der Waals surface area contributed by atoms with Crippen LogP contribution in [0.1, 0.15) is 55.2 Å². The van der Waals surface area contributed by atoms with Crippen molar-refractivity contribution in [3.8, 4) is 0 Å². The highest BCUT2D eigenvalue weighted by atomic mass is 19.1. The van der Waals surface area contributed by atoms with E-state index in [1.165, 1.54) is 25.0 Å². The van der Waals surface area contributed by atoms with E-state index in [2.05, 4.69) is 35.8 Å². The van der Waals surface area contributed by atoms with Crippen molar-refractivity contribution in [2.24, 2.45) is 5.92 Å². The summed E-state index contributed by atoms with van der Waals surface area (Å²) in [5.74, 6) is 2.89. The molecule has 0 bridgehead atoms. The molecule has 8 nitrogen and oxygen atoms in total. The number of ether oxygens (including phenoxy) is 1. The Morgan fingerprint density at radius 1 is 1.13 bits per heavy atom. The minimum atomic E-state index is -0.255. The Morgan fingerprint density at radius 3 is 2.65 bits per heavy atom. The van der Waals surface area contributed by atoms with Gasteiger partial charge in [0.05, 0.1) is 12.6 Å². The molecule has 2 unspecified atom stereocenters. The van der Waals surface area contributed by atoms with Gasteiger partial charge in [0.15, 0.2) is 5.82 Å². The number of hydrogen-bond acceptors (Lipinski definition) is 7. The standard InChI is InChI=1S/C22H26FN7O/c1-2-18-24-21(26-19-11-17(29-30-19)13-3-4-13)28-22(25-18)27-20(15-9-10-31-12-15)14-5-7-16(23)8-6-14/h5-8,11,13,15,20H,2-4,9-10,12H2,1H3,(H3,24,25,26,27,28,29,30). The average molecular weight is 423 g/mol. The fourth-order valence-corrected chi connectivity index (χ4v) is 3.92. The molecule has 2 atom stereocenters. The molecule has 0 radical (unpaired) electrons. The summed E-state index contributed by atoms with van der Waals surface area (Å²) in [6, 6.07) is 8.48. The van der Waals surface area contributed by atoms with Gasteiger partial charge in [0.1, 0.15) is 11.6 Å². The zero-order chi connectivity index (χ0) is 21.2. The number of hydrogen-bond donors (Lipinski definition) is 3. The zero-order valence-electron chi connectivity index (χ0n) is 17.4. The molecular formula is C22H26FN7O. The second-order valence-electron chi connectivity index (χ2n) is 8.16. The van der Waals surface area contributed by atoms with Crippen LogP contribution in [0, 0.1) is 11.7 Å². The van der Waals surface area contributed by atoms with Crippen LogP contribution in [0.3, 0.4) is 0 Å². The van der Waals surface area contributed by atoms with E-state index in [1.807, 2.05) is 13.0 Å². The summed E-state index contributed by atoms with van der Waals surface area (Å²) in [4.78, 5) is 13.7. The summed E-state index contributed by atoms with van der Waals surface area (Å²) in [6.45, 7) is 3.37. The molecule has 3 heterocycles. The number of aromatic nitrogens is 5. The minimum Gasteiger partial charge on any atom is -0.381 e. The van der Waals surface area contributed by atoms with Gasteiger partial charge in [-0.05, 0) is 37.0 Å². The monoisotopic (exact) mass is 423 g/mol. The van der Waals surface area contributed by atoms with Crippen molar-refractivity contribution >= 4 is 17.7 Å². The lowest BCUT2D eigenvalue weighted by atomic mass is 9.92. The van der Waals surface area contributed by atoms with Crippen LogP contribution in [-0.4, -0.2) is 38.4 Å². The third-order valence-electron chi connectivity index (χ3n) is 5.80. The number of aromatic amines is 1. The van der Waals surface area contributed by atoms with Gasteiger partial charge in [0, 0.05) is 36.6 Å². The van der Waals surface area contributed by atoms with E-state index < -0.39 is 0 Å². The lowest BCUT2D eigenvalue weighted by molar-refractivity contribution is 0.182. The Kier molecular flexibility index (Phi) is 5.50. The first-order valence-corrected chi connectivity index (χ1v) is 10.8. The highest BCUT2D eigenvalue weighted by Crippen LogP contribution is 2.39. The van der Waals surface area contributed by atoms with E-state index in [1.54, 1.807) is 12.1 Å². The first kappa shape index (κ1) is 19.9. The maximum absolute atomic E-state index is 13.5. The number of benzene rings is 1. The molecule has 0 spiro atoms. The Morgan fingerprint density at radius 2 is 1.94 bits per heavy atom. The molecule has 2 aromatic heterocycles. The summed E-state index contributed by atoms with van der Waals surface area (Å²) in [5.41, 5.74) is 2.12. The number of nitrogens with zero attached hydrogens (tertiary/aromatic N) is 4. The second kappa shape index (κ2) is 8.58. The van der Waals surface area contributed by atoms with E-state index >= 15 is 0 Å². The molecule has 9 heteroatoms. The number of nitrogens with one attached hydrogen (secondary N) is 3. The topological polar surface area (TPSA) is 101 Å². The average Bonchev–Trinajstić information content (AvgIpc) is 3.28. The largest absolute Gasteiger partial charge is 0.381 e. The van der Waals surface area contributed by atoms with Crippen LogP contribution >= 0.6 is 0 Å². The first-order chi connectivity index (χ1) is 15.2. The highest BCUT2D eigenvalue weighted by molar-refractivity contribution is 5.50. The van der Waals surface area contributed by atoms with E-state index in [-0.39, 0.29) is 17.8 Å². The van der Waals surface area contributed by atoms with Gasteiger partial charge in [-0.3, -0.25) is 5.10 Å². The van der Waals surface area contributed by atoms with Crippen molar-refractivity contribution in [2.45, 2.75) is 44.6 Å². The second-order valence-corrected chi connectivity index (χ2v) is 8.16. The van der Waals surface area contributed by atoms with E-state index in [0.717, 1.165) is 24.3 Å². The zero-order valence-corrected chi connectivity index (χ0v) is 17.4. The highest BCUT2D eigenvalue weighted by Gasteiger charge is 2.28. The number of aryl methyl sites for hydroxylation is 1. The summed E-state index contributed by atoms with van der Waals surface area (Å²) in [7, 11) is 0. The number of H-pyrrole nitrogens is 1. The normalized spacial score (nSPS) is 19.4. The van der Waals surface area contributed by atoms with Crippen LogP contribution in [0.15, 0.2) is 30.3 Å². The summed E-state index contributed by atoms with van der Waals surface area (Å²) in [5, 5.41) is 14.1. The SMILES string of the molecule is CCc1nc(Nc2cc(C3CC3)[nH]n2)nc(NC(c2ccc(F)cc2)C2CCOC2)n1. The van der Waals surface area contributed by atoms with Crippen molar-refractivity contribution in [3.63, 3.8) is 0 Å². The summed E-state index contributed by atoms with van der Waals surface area (Å²) >= 11 is 0. The molecule has 5 rings (SSSR count). The Balaban J connectivity index is 1.40. The lowest BCUT2D eigenvalue weighted by Gasteiger charge is -2.24. The molecule has 1 aliphatic carbocycles. The van der Waals surface area contributed by atoms with Gasteiger partial charge >= 0.3 is 0 Å². The Labute approximate surface area is 180 Å². The van der Waals surface area contributed by atoms with Crippen molar-refractivity contribution in [2.75, 3.05) is 23.8 Å². The molecule has 2 aliphatic rings. The fourth-order valence-electron chi connectivity index (χ4n) is 3.92. The fraction of sp³-hybridized carbons (Fsp3) is 0.455. The number of halogens is 1. The predicted molar refractivity (Wildman–Crippen MR) is 115 cm³/mol. The molecule has 3 N–H and O–H groups in total. The van der Waals surface area contributed by atoms with Crippen molar-refractivity contribution < 1.29 is 9.13 Å². The van der Waals surface area contributed by atoms with Crippen LogP contribution < -0.4 is 10.6 Å². The summed E-state index contributed by atoms with van der Waals surface area (Å²) < 4.78 is 19.1. The van der Waals surface area contributed by atoms with Crippen LogP contribution in [0.25, 0.3) is 0 Å². The van der Waals surface area contributed by atoms with Gasteiger partial charge in [-0.1, -0.05) is 19.1 Å². The van der Waals surface area contributed by atoms with Crippen LogP contribution in [0.5, 0.6) is 0 Å². The Hall–Kier alpha value is -3.07. The predicted octanol–water partition coefficient (Wildman–Crippen LogP) is 4.11. The summed E-state index contributed by atoms with van der Waals surface area (Å²) in [6.07, 6.45) is 4.00. The van der Waals surface area contributed by atoms with E-state index in [9.17, 15) is 4.39 Å². The smallest absolute Gasteiger partial charge is 0.233 e. The van der Waals surface area contributed by atoms with Gasteiger partial charge in [-0.25, -0.2) is 4.39 Å². The molecule has 3 aromatic rings. The first-order valence-electron chi connectivity index (χ1n) is 10.8. The van der Waals surface area contributed by atoms with E-state index in [0.29, 0.717) is 42.5 Å². The molecule has 1 saturated carbocycles. The number of rotatable bonds is 8. The quantitative estimate of drug-likeness (QED) is 0.501. The van der Waals surface area contributed by atoms with Crippen LogP contribution in [0.2, 0.25) is 0 Å². The molecule has 162 valence electrons. The third-order valence-corrected chi connectivity index (χ3v) is 5.80. The maximum atomic E-state index is 13.5. The van der Waals surface area contributed by atoms with Gasteiger partial charge in [0.25, 0.3) is 0 Å². The molecule has 31 heavy (non-hydrogen) atoms. The minimum absolute atomic E-state index is 0.0880. The van der Waals surface area contributed by atoms with Gasteiger partial charge < -0.3 is 15.4 Å². The molecule has 1 saturated heterocycles. The van der Waals surface area contributed by atoms with Crippen molar-refractivity contribution in [1.82, 2.24) is 25.1 Å². The van der Waals surface area contributed by atoms with Crippen LogP contribution in [0.4, 0.5) is 22.1 Å². The van der Waals surface area contributed by atoms with E-state index in [4.69, 9.17) is 4.74 Å². The van der Waals surface area contributed by atoms with Crippen molar-refractivity contribution in [3.05, 3.63) is 53.2 Å².